The molecule has 1 atom stereocenters. The summed E-state index contributed by atoms with van der Waals surface area (Å²) in [6, 6.07) is 1.48. The second-order valence-corrected chi connectivity index (χ2v) is 6.15. The van der Waals surface area contributed by atoms with Crippen LogP contribution in [0.5, 0.6) is 0 Å². The number of hydrogen-bond donors (Lipinski definition) is 0. The van der Waals surface area contributed by atoms with Crippen molar-refractivity contribution >= 4 is 0 Å². The summed E-state index contributed by atoms with van der Waals surface area (Å²) >= 11 is 0. The van der Waals surface area contributed by atoms with Crippen LogP contribution in [0, 0.1) is 5.92 Å². The van der Waals surface area contributed by atoms with Gasteiger partial charge in [-0.05, 0) is 33.2 Å². The molecule has 1 unspecified atom stereocenters. The summed E-state index contributed by atoms with van der Waals surface area (Å²) in [5.74, 6) is 0.928. The van der Waals surface area contributed by atoms with Gasteiger partial charge in [-0.15, -0.1) is 0 Å². The first-order chi connectivity index (χ1) is 8.10. The van der Waals surface area contributed by atoms with Crippen molar-refractivity contribution in [3.8, 4) is 0 Å². The molecule has 2 rings (SSSR count). The molecule has 0 aromatic heterocycles. The van der Waals surface area contributed by atoms with Crippen LogP contribution in [0.3, 0.4) is 0 Å². The van der Waals surface area contributed by atoms with Gasteiger partial charge in [0, 0.05) is 51.4 Å². The van der Waals surface area contributed by atoms with E-state index in [4.69, 9.17) is 0 Å². The monoisotopic (exact) mass is 239 g/mol. The summed E-state index contributed by atoms with van der Waals surface area (Å²) in [7, 11) is 0. The Balaban J connectivity index is 1.68. The zero-order chi connectivity index (χ0) is 12.4. The first-order valence-electron chi connectivity index (χ1n) is 7.30. The third kappa shape index (κ3) is 3.21. The van der Waals surface area contributed by atoms with Gasteiger partial charge in [0.1, 0.15) is 0 Å². The lowest BCUT2D eigenvalue weighted by atomic mass is 9.97. The molecule has 0 spiro atoms. The molecule has 0 bridgehead atoms. The maximum atomic E-state index is 2.68. The largest absolute Gasteiger partial charge is 0.300 e. The lowest BCUT2D eigenvalue weighted by molar-refractivity contribution is 0.0172. The summed E-state index contributed by atoms with van der Waals surface area (Å²) in [6.07, 6.45) is 0. The van der Waals surface area contributed by atoms with Crippen molar-refractivity contribution < 1.29 is 0 Å². The number of likely N-dealkylation sites (tertiary alicyclic amines) is 1. The van der Waals surface area contributed by atoms with Crippen LogP contribution in [0.2, 0.25) is 0 Å². The number of nitrogens with zero attached hydrogens (tertiary/aromatic N) is 3. The Morgan fingerprint density at radius 2 is 1.82 bits per heavy atom. The van der Waals surface area contributed by atoms with E-state index in [9.17, 15) is 0 Å². The van der Waals surface area contributed by atoms with Gasteiger partial charge < -0.3 is 9.80 Å². The molecule has 0 radical (unpaired) electrons. The van der Waals surface area contributed by atoms with Crippen LogP contribution in [0.25, 0.3) is 0 Å². The van der Waals surface area contributed by atoms with E-state index < -0.39 is 0 Å². The van der Waals surface area contributed by atoms with Crippen LogP contribution in [0.15, 0.2) is 0 Å². The standard InChI is InChI=1S/C14H29N3/c1-5-16-7-6-15(8-13(16)4)9-14-10-17(11-14)12(2)3/h12-14H,5-11H2,1-4H3. The van der Waals surface area contributed by atoms with E-state index in [1.807, 2.05) is 0 Å². The van der Waals surface area contributed by atoms with Crippen molar-refractivity contribution in [3.63, 3.8) is 0 Å². The predicted octanol–water partition coefficient (Wildman–Crippen LogP) is 1.35. The summed E-state index contributed by atoms with van der Waals surface area (Å²) in [5.41, 5.74) is 0. The molecule has 2 aliphatic heterocycles. The molecule has 0 aromatic carbocycles. The van der Waals surface area contributed by atoms with E-state index in [1.54, 1.807) is 0 Å². The topological polar surface area (TPSA) is 9.72 Å². The number of likely N-dealkylation sites (N-methyl/N-ethyl adjacent to an activating group) is 1. The average Bonchev–Trinajstić information content (AvgIpc) is 2.22. The van der Waals surface area contributed by atoms with Crippen molar-refractivity contribution in [1.82, 2.24) is 14.7 Å². The lowest BCUT2D eigenvalue weighted by Gasteiger charge is -2.46. The minimum absolute atomic E-state index is 0.738. The first kappa shape index (κ1) is 13.3. The maximum absolute atomic E-state index is 2.68. The third-order valence-corrected chi connectivity index (χ3v) is 4.49. The van der Waals surface area contributed by atoms with Crippen molar-refractivity contribution in [1.29, 1.82) is 0 Å². The zero-order valence-electron chi connectivity index (χ0n) is 12.0. The Morgan fingerprint density at radius 3 is 2.35 bits per heavy atom. The molecule has 2 heterocycles. The Kier molecular flexibility index (Phi) is 4.45. The van der Waals surface area contributed by atoms with E-state index in [2.05, 4.69) is 42.4 Å². The Bertz CT molecular complexity index is 236. The molecule has 0 aromatic rings. The highest BCUT2D eigenvalue weighted by atomic mass is 15.3. The summed E-state index contributed by atoms with van der Waals surface area (Å²) in [6.45, 7) is 18.2. The minimum atomic E-state index is 0.738. The maximum Gasteiger partial charge on any atom is 0.0195 e. The molecule has 2 aliphatic rings. The van der Waals surface area contributed by atoms with Crippen molar-refractivity contribution in [2.24, 2.45) is 5.92 Å². The molecule has 3 heteroatoms. The Morgan fingerprint density at radius 1 is 1.12 bits per heavy atom. The predicted molar refractivity (Wildman–Crippen MR) is 73.3 cm³/mol. The van der Waals surface area contributed by atoms with Gasteiger partial charge in [-0.3, -0.25) is 4.90 Å². The number of piperazine rings is 1. The van der Waals surface area contributed by atoms with Gasteiger partial charge in [-0.2, -0.15) is 0 Å². The SMILES string of the molecule is CCN1CCN(CC2CN(C(C)C)C2)CC1C. The highest BCUT2D eigenvalue weighted by Gasteiger charge is 2.31. The van der Waals surface area contributed by atoms with Crippen LogP contribution >= 0.6 is 0 Å². The zero-order valence-corrected chi connectivity index (χ0v) is 12.0. The second kappa shape index (κ2) is 5.68. The molecule has 3 nitrogen and oxygen atoms in total. The third-order valence-electron chi connectivity index (χ3n) is 4.49. The molecule has 17 heavy (non-hydrogen) atoms. The summed E-state index contributed by atoms with van der Waals surface area (Å²) in [4.78, 5) is 7.85. The Labute approximate surface area is 107 Å². The summed E-state index contributed by atoms with van der Waals surface area (Å²) < 4.78 is 0. The van der Waals surface area contributed by atoms with Crippen LogP contribution in [-0.2, 0) is 0 Å². The van der Waals surface area contributed by atoms with Gasteiger partial charge >= 0.3 is 0 Å². The van der Waals surface area contributed by atoms with Crippen molar-refractivity contribution in [2.45, 2.75) is 39.8 Å². The van der Waals surface area contributed by atoms with Crippen LogP contribution < -0.4 is 0 Å². The lowest BCUT2D eigenvalue weighted by Crippen LogP contribution is -2.58. The van der Waals surface area contributed by atoms with Gasteiger partial charge in [0.2, 0.25) is 0 Å². The molecule has 100 valence electrons. The fourth-order valence-electron chi connectivity index (χ4n) is 3.22. The quantitative estimate of drug-likeness (QED) is 0.733. The summed E-state index contributed by atoms with van der Waals surface area (Å²) in [5, 5.41) is 0. The van der Waals surface area contributed by atoms with Gasteiger partial charge in [0.15, 0.2) is 0 Å². The Hall–Kier alpha value is -0.120. The molecule has 2 saturated heterocycles. The van der Waals surface area contributed by atoms with Gasteiger partial charge in [-0.25, -0.2) is 0 Å². The van der Waals surface area contributed by atoms with Gasteiger partial charge in [-0.1, -0.05) is 6.92 Å². The van der Waals surface area contributed by atoms with Crippen LogP contribution in [0.4, 0.5) is 0 Å². The van der Waals surface area contributed by atoms with E-state index in [1.165, 1.54) is 45.8 Å². The molecule has 2 fully saturated rings. The van der Waals surface area contributed by atoms with E-state index >= 15 is 0 Å². The highest BCUT2D eigenvalue weighted by Crippen LogP contribution is 2.20. The number of hydrogen-bond acceptors (Lipinski definition) is 3. The molecular weight excluding hydrogens is 210 g/mol. The molecule has 0 aliphatic carbocycles. The number of rotatable bonds is 4. The van der Waals surface area contributed by atoms with E-state index in [-0.39, 0.29) is 0 Å². The second-order valence-electron chi connectivity index (χ2n) is 6.15. The van der Waals surface area contributed by atoms with Gasteiger partial charge in [0.25, 0.3) is 0 Å². The molecule has 0 saturated carbocycles. The van der Waals surface area contributed by atoms with E-state index in [0.717, 1.165) is 18.0 Å². The molecular formula is C14H29N3. The fraction of sp³-hybridized carbons (Fsp3) is 1.00. The van der Waals surface area contributed by atoms with Crippen molar-refractivity contribution in [2.75, 3.05) is 45.8 Å². The average molecular weight is 239 g/mol. The van der Waals surface area contributed by atoms with Gasteiger partial charge in [0.05, 0.1) is 0 Å². The fourth-order valence-corrected chi connectivity index (χ4v) is 3.22. The smallest absolute Gasteiger partial charge is 0.0195 e. The van der Waals surface area contributed by atoms with Crippen LogP contribution in [0.1, 0.15) is 27.7 Å². The van der Waals surface area contributed by atoms with E-state index in [0.29, 0.717) is 0 Å². The van der Waals surface area contributed by atoms with Crippen molar-refractivity contribution in [3.05, 3.63) is 0 Å². The molecule has 0 amide bonds. The first-order valence-corrected chi connectivity index (χ1v) is 7.30. The normalized spacial score (nSPS) is 29.8. The minimum Gasteiger partial charge on any atom is -0.300 e. The molecule has 0 N–H and O–H groups in total. The highest BCUT2D eigenvalue weighted by molar-refractivity contribution is 4.87. The van der Waals surface area contributed by atoms with Crippen LogP contribution in [-0.4, -0.2) is 72.6 Å².